The number of pyridine rings is 1. The lowest BCUT2D eigenvalue weighted by Gasteiger charge is -2.11. The average Bonchev–Trinajstić information content (AvgIpc) is 3.10. The summed E-state index contributed by atoms with van der Waals surface area (Å²) in [7, 11) is -2.04. The van der Waals surface area contributed by atoms with Gasteiger partial charge >= 0.3 is 0 Å². The highest BCUT2D eigenvalue weighted by molar-refractivity contribution is 7.90. The summed E-state index contributed by atoms with van der Waals surface area (Å²) in [6.45, 7) is 2.32. The molecule has 0 amide bonds. The monoisotopic (exact) mass is 424 g/mol. The highest BCUT2D eigenvalue weighted by Crippen LogP contribution is 2.30. The Bertz CT molecular complexity index is 1320. The van der Waals surface area contributed by atoms with Gasteiger partial charge in [0.05, 0.1) is 11.2 Å². The van der Waals surface area contributed by atoms with E-state index in [0.29, 0.717) is 23.4 Å². The van der Waals surface area contributed by atoms with E-state index >= 15 is 0 Å². The van der Waals surface area contributed by atoms with Crippen molar-refractivity contribution >= 4 is 32.3 Å². The van der Waals surface area contributed by atoms with Crippen molar-refractivity contribution in [3.8, 4) is 0 Å². The third-order valence-electron chi connectivity index (χ3n) is 4.82. The first-order valence-corrected chi connectivity index (χ1v) is 10.8. The van der Waals surface area contributed by atoms with Crippen molar-refractivity contribution in [2.24, 2.45) is 0 Å². The lowest BCUT2D eigenvalue weighted by molar-refractivity contribution is 0.588. The largest absolute Gasteiger partial charge is 0.353 e. The lowest BCUT2D eigenvalue weighted by Crippen LogP contribution is -2.12. The van der Waals surface area contributed by atoms with Crippen molar-refractivity contribution in [1.82, 2.24) is 14.3 Å². The Balaban J connectivity index is 1.85. The zero-order chi connectivity index (χ0) is 21.3. The molecule has 2 aromatic carbocycles. The van der Waals surface area contributed by atoms with Crippen LogP contribution in [0.1, 0.15) is 11.1 Å². The van der Waals surface area contributed by atoms with Crippen molar-refractivity contribution < 1.29 is 12.8 Å². The Hall–Kier alpha value is -3.23. The Morgan fingerprint density at radius 1 is 1.13 bits per heavy atom. The number of benzene rings is 2. The summed E-state index contributed by atoms with van der Waals surface area (Å²) < 4.78 is 42.0. The summed E-state index contributed by atoms with van der Waals surface area (Å²) in [5.74, 6) is -0.371. The molecule has 2 aromatic heterocycles. The molecule has 0 aliphatic heterocycles. The second kappa shape index (κ2) is 7.89. The molecule has 154 valence electrons. The topological polar surface area (TPSA) is 76.0 Å². The molecule has 0 atom stereocenters. The van der Waals surface area contributed by atoms with Gasteiger partial charge in [-0.05, 0) is 61.5 Å². The quantitative estimate of drug-likeness (QED) is 0.486. The van der Waals surface area contributed by atoms with Crippen molar-refractivity contribution in [1.29, 1.82) is 0 Å². The summed E-state index contributed by atoms with van der Waals surface area (Å²) >= 11 is 0. The van der Waals surface area contributed by atoms with Crippen LogP contribution in [0, 0.1) is 12.7 Å². The maximum atomic E-state index is 14.3. The van der Waals surface area contributed by atoms with Crippen molar-refractivity contribution in [3.05, 3.63) is 84.1 Å². The molecule has 30 heavy (non-hydrogen) atoms. The number of nitrogens with zero attached hydrogens (tertiary/aromatic N) is 2. The van der Waals surface area contributed by atoms with Gasteiger partial charge in [0.2, 0.25) is 0 Å². The number of halogens is 1. The van der Waals surface area contributed by atoms with Gasteiger partial charge in [0.1, 0.15) is 10.7 Å². The molecule has 0 radical (unpaired) electrons. The van der Waals surface area contributed by atoms with Crippen LogP contribution >= 0.6 is 0 Å². The van der Waals surface area contributed by atoms with Crippen LogP contribution in [0.4, 0.5) is 15.8 Å². The normalized spacial score (nSPS) is 11.7. The molecular weight excluding hydrogens is 403 g/mol. The number of aryl methyl sites for hydroxylation is 1. The second-order valence-corrected chi connectivity index (χ2v) is 8.83. The molecule has 0 spiro atoms. The number of nitrogens with one attached hydrogen (secondary N) is 2. The van der Waals surface area contributed by atoms with E-state index in [-0.39, 0.29) is 10.7 Å². The molecule has 4 aromatic rings. The zero-order valence-corrected chi connectivity index (χ0v) is 17.4. The number of anilines is 2. The van der Waals surface area contributed by atoms with E-state index in [1.807, 2.05) is 25.1 Å². The van der Waals surface area contributed by atoms with E-state index in [1.165, 1.54) is 28.5 Å². The summed E-state index contributed by atoms with van der Waals surface area (Å²) in [6, 6.07) is 13.4. The second-order valence-electron chi connectivity index (χ2n) is 7.01. The van der Waals surface area contributed by atoms with Gasteiger partial charge in [0.25, 0.3) is 10.0 Å². The molecule has 0 saturated heterocycles. The SMILES string of the molecule is CNCc1cn(S(=O)(=O)c2cccnc2)c2cc(Nc3ccc(C)cc3F)ccc12. The molecule has 2 heterocycles. The minimum absolute atomic E-state index is 0.0980. The first kappa shape index (κ1) is 20.1. The summed E-state index contributed by atoms with van der Waals surface area (Å²) in [5.41, 5.74) is 3.07. The van der Waals surface area contributed by atoms with Gasteiger partial charge in [-0.15, -0.1) is 0 Å². The average molecular weight is 425 g/mol. The zero-order valence-electron chi connectivity index (χ0n) is 16.6. The van der Waals surface area contributed by atoms with Gasteiger partial charge in [-0.3, -0.25) is 4.98 Å². The third kappa shape index (κ3) is 3.67. The number of hydrogen-bond donors (Lipinski definition) is 2. The van der Waals surface area contributed by atoms with Crippen LogP contribution in [0.3, 0.4) is 0 Å². The molecule has 0 fully saturated rings. The van der Waals surface area contributed by atoms with Gasteiger partial charge in [-0.2, -0.15) is 0 Å². The van der Waals surface area contributed by atoms with Crippen molar-refractivity contribution in [2.75, 3.05) is 12.4 Å². The standard InChI is InChI=1S/C22H21FN4O2S/c1-15-5-8-21(20(23)10-15)26-17-6-7-19-16(12-24-2)14-27(22(19)11-17)30(28,29)18-4-3-9-25-13-18/h3-11,13-14,24,26H,12H2,1-2H3. The molecule has 0 saturated carbocycles. The molecule has 2 N–H and O–H groups in total. The summed E-state index contributed by atoms with van der Waals surface area (Å²) in [5, 5.41) is 6.90. The Kier molecular flexibility index (Phi) is 5.27. The third-order valence-corrected chi connectivity index (χ3v) is 6.47. The molecule has 0 unspecified atom stereocenters. The smallest absolute Gasteiger partial charge is 0.269 e. The van der Waals surface area contributed by atoms with E-state index in [9.17, 15) is 12.8 Å². The fourth-order valence-corrected chi connectivity index (χ4v) is 4.71. The number of hydrogen-bond acceptors (Lipinski definition) is 5. The van der Waals surface area contributed by atoms with Crippen LogP contribution in [0.2, 0.25) is 0 Å². The van der Waals surface area contributed by atoms with Crippen LogP contribution in [0.15, 0.2) is 72.0 Å². The highest BCUT2D eigenvalue weighted by atomic mass is 32.2. The predicted molar refractivity (Wildman–Crippen MR) is 116 cm³/mol. The van der Waals surface area contributed by atoms with Crippen molar-refractivity contribution in [3.63, 3.8) is 0 Å². The predicted octanol–water partition coefficient (Wildman–Crippen LogP) is 4.18. The fraction of sp³-hybridized carbons (Fsp3) is 0.136. The van der Waals surface area contributed by atoms with Crippen LogP contribution < -0.4 is 10.6 Å². The van der Waals surface area contributed by atoms with Crippen LogP contribution in [0.5, 0.6) is 0 Å². The highest BCUT2D eigenvalue weighted by Gasteiger charge is 2.21. The van der Waals surface area contributed by atoms with Crippen LogP contribution in [-0.2, 0) is 16.6 Å². The molecule has 0 aliphatic rings. The lowest BCUT2D eigenvalue weighted by atomic mass is 10.1. The van der Waals surface area contributed by atoms with Crippen LogP contribution in [-0.4, -0.2) is 24.4 Å². The summed E-state index contributed by atoms with van der Waals surface area (Å²) in [6.07, 6.45) is 4.46. The van der Waals surface area contributed by atoms with Crippen molar-refractivity contribution in [2.45, 2.75) is 18.4 Å². The van der Waals surface area contributed by atoms with Gasteiger partial charge in [-0.1, -0.05) is 12.1 Å². The summed E-state index contributed by atoms with van der Waals surface area (Å²) in [4.78, 5) is 4.03. The molecule has 0 bridgehead atoms. The van der Waals surface area contributed by atoms with Gasteiger partial charge in [0, 0.05) is 36.2 Å². The minimum Gasteiger partial charge on any atom is -0.353 e. The first-order valence-electron chi connectivity index (χ1n) is 9.37. The first-order chi connectivity index (χ1) is 14.4. The molecule has 4 rings (SSSR count). The molecule has 6 nitrogen and oxygen atoms in total. The van der Waals surface area contributed by atoms with Gasteiger partial charge in [-0.25, -0.2) is 16.8 Å². The van der Waals surface area contributed by atoms with E-state index in [1.54, 1.807) is 31.4 Å². The number of fused-ring (bicyclic) bond motifs is 1. The fourth-order valence-electron chi connectivity index (χ4n) is 3.36. The van der Waals surface area contributed by atoms with Gasteiger partial charge in [0.15, 0.2) is 0 Å². The Labute approximate surface area is 174 Å². The van der Waals surface area contributed by atoms with E-state index in [2.05, 4.69) is 15.6 Å². The number of aromatic nitrogens is 2. The van der Waals surface area contributed by atoms with Gasteiger partial charge < -0.3 is 10.6 Å². The number of rotatable bonds is 6. The molecular formula is C22H21FN4O2S. The van der Waals surface area contributed by atoms with E-state index in [0.717, 1.165) is 16.5 Å². The molecule has 0 aliphatic carbocycles. The van der Waals surface area contributed by atoms with E-state index < -0.39 is 10.0 Å². The Morgan fingerprint density at radius 3 is 2.67 bits per heavy atom. The van der Waals surface area contributed by atoms with E-state index in [4.69, 9.17) is 0 Å². The minimum atomic E-state index is -3.84. The maximum Gasteiger partial charge on any atom is 0.269 e. The van der Waals surface area contributed by atoms with Crippen LogP contribution in [0.25, 0.3) is 10.9 Å². The maximum absolute atomic E-state index is 14.3. The molecule has 8 heteroatoms. The Morgan fingerprint density at radius 2 is 1.97 bits per heavy atom.